The zero-order valence-corrected chi connectivity index (χ0v) is 13.8. The van der Waals surface area contributed by atoms with E-state index in [1.165, 1.54) is 5.56 Å². The number of nitrogens with one attached hydrogen (secondary N) is 2. The second-order valence-electron chi connectivity index (χ2n) is 5.02. The maximum Gasteiger partial charge on any atom is 0.238 e. The molecule has 0 radical (unpaired) electrons. The van der Waals surface area contributed by atoms with Crippen molar-refractivity contribution in [2.75, 3.05) is 11.9 Å². The molecular formula is C17H19BrN2O. The van der Waals surface area contributed by atoms with Crippen molar-refractivity contribution in [3.63, 3.8) is 0 Å². The average molecular weight is 347 g/mol. The second kappa shape index (κ2) is 7.38. The van der Waals surface area contributed by atoms with Gasteiger partial charge < -0.3 is 10.6 Å². The lowest BCUT2D eigenvalue weighted by Crippen LogP contribution is -2.30. The highest BCUT2D eigenvalue weighted by molar-refractivity contribution is 9.10. The molecule has 0 unspecified atom stereocenters. The molecule has 2 rings (SSSR count). The number of aryl methyl sites for hydroxylation is 1. The molecule has 2 N–H and O–H groups in total. The minimum Gasteiger partial charge on any atom is -0.325 e. The maximum absolute atomic E-state index is 12.0. The number of rotatable bonds is 5. The lowest BCUT2D eigenvalue weighted by molar-refractivity contribution is -0.115. The molecule has 4 heteroatoms. The van der Waals surface area contributed by atoms with Gasteiger partial charge in [0.25, 0.3) is 0 Å². The van der Waals surface area contributed by atoms with Crippen LogP contribution in [0.5, 0.6) is 0 Å². The van der Waals surface area contributed by atoms with Crippen molar-refractivity contribution in [1.29, 1.82) is 0 Å². The Bertz CT molecular complexity index is 613. The van der Waals surface area contributed by atoms with Gasteiger partial charge in [0.2, 0.25) is 5.91 Å². The molecule has 0 saturated heterocycles. The smallest absolute Gasteiger partial charge is 0.238 e. The van der Waals surface area contributed by atoms with E-state index in [2.05, 4.69) is 38.7 Å². The van der Waals surface area contributed by atoms with Gasteiger partial charge in [0.05, 0.1) is 6.54 Å². The van der Waals surface area contributed by atoms with E-state index in [4.69, 9.17) is 0 Å². The van der Waals surface area contributed by atoms with E-state index in [0.717, 1.165) is 15.7 Å². The summed E-state index contributed by atoms with van der Waals surface area (Å²) in [5.41, 5.74) is 3.05. The summed E-state index contributed by atoms with van der Waals surface area (Å²) in [6, 6.07) is 16.0. The molecule has 1 atom stereocenters. The zero-order chi connectivity index (χ0) is 15.2. The Hall–Kier alpha value is -1.65. The molecule has 110 valence electrons. The minimum atomic E-state index is -0.0387. The summed E-state index contributed by atoms with van der Waals surface area (Å²) in [4.78, 5) is 12.0. The number of carbonyl (C=O) groups is 1. The number of halogens is 1. The molecule has 0 fully saturated rings. The molecule has 0 aliphatic rings. The third-order valence-corrected chi connectivity index (χ3v) is 3.82. The van der Waals surface area contributed by atoms with Gasteiger partial charge >= 0.3 is 0 Å². The van der Waals surface area contributed by atoms with Gasteiger partial charge in [-0.2, -0.15) is 0 Å². The molecule has 2 aromatic rings. The van der Waals surface area contributed by atoms with Gasteiger partial charge in [-0.3, -0.25) is 4.79 Å². The van der Waals surface area contributed by atoms with Crippen LogP contribution in [0.1, 0.15) is 24.1 Å². The number of benzene rings is 2. The van der Waals surface area contributed by atoms with Gasteiger partial charge in [-0.25, -0.2) is 0 Å². The Labute approximate surface area is 133 Å². The first-order chi connectivity index (χ1) is 10.1. The molecule has 0 spiro atoms. The summed E-state index contributed by atoms with van der Waals surface area (Å²) in [6.45, 7) is 4.31. The van der Waals surface area contributed by atoms with E-state index in [-0.39, 0.29) is 18.5 Å². The van der Waals surface area contributed by atoms with Crippen LogP contribution in [0.2, 0.25) is 0 Å². The van der Waals surface area contributed by atoms with Gasteiger partial charge in [0.1, 0.15) is 0 Å². The number of hydrogen-bond acceptors (Lipinski definition) is 2. The van der Waals surface area contributed by atoms with Crippen LogP contribution in [0.3, 0.4) is 0 Å². The Kier molecular flexibility index (Phi) is 5.53. The molecule has 0 aliphatic carbocycles. The fourth-order valence-electron chi connectivity index (χ4n) is 2.07. The van der Waals surface area contributed by atoms with Crippen molar-refractivity contribution in [3.05, 3.63) is 64.1 Å². The minimum absolute atomic E-state index is 0.0387. The number of carbonyl (C=O) groups excluding carboxylic acids is 1. The number of amides is 1. The fraction of sp³-hybridized carbons (Fsp3) is 0.235. The highest BCUT2D eigenvalue weighted by Crippen LogP contribution is 2.19. The van der Waals surface area contributed by atoms with Crippen molar-refractivity contribution >= 4 is 27.5 Å². The van der Waals surface area contributed by atoms with Crippen LogP contribution in [0.4, 0.5) is 5.69 Å². The first-order valence-corrected chi connectivity index (χ1v) is 7.70. The summed E-state index contributed by atoms with van der Waals surface area (Å²) in [7, 11) is 0. The first kappa shape index (κ1) is 15.7. The van der Waals surface area contributed by atoms with E-state index in [9.17, 15) is 4.79 Å². The van der Waals surface area contributed by atoms with Crippen LogP contribution in [0.15, 0.2) is 53.0 Å². The number of hydrogen-bond donors (Lipinski definition) is 2. The first-order valence-electron chi connectivity index (χ1n) is 6.90. The molecule has 0 heterocycles. The predicted octanol–water partition coefficient (Wildman–Crippen LogP) is 4.05. The fourth-order valence-corrected chi connectivity index (χ4v) is 2.54. The van der Waals surface area contributed by atoms with E-state index >= 15 is 0 Å². The Morgan fingerprint density at radius 1 is 1.19 bits per heavy atom. The van der Waals surface area contributed by atoms with Crippen molar-refractivity contribution in [3.8, 4) is 0 Å². The standard InChI is InChI=1S/C17H19BrN2O/c1-12-10-15(18)8-9-16(12)20-17(21)11-19-13(2)14-6-4-3-5-7-14/h3-10,13,19H,11H2,1-2H3,(H,20,21)/t13-/m1/s1. The number of anilines is 1. The summed E-state index contributed by atoms with van der Waals surface area (Å²) in [5, 5.41) is 6.15. The third kappa shape index (κ3) is 4.69. The van der Waals surface area contributed by atoms with Crippen molar-refractivity contribution in [2.45, 2.75) is 19.9 Å². The van der Waals surface area contributed by atoms with Crippen LogP contribution >= 0.6 is 15.9 Å². The zero-order valence-electron chi connectivity index (χ0n) is 12.2. The summed E-state index contributed by atoms with van der Waals surface area (Å²) in [6.07, 6.45) is 0. The maximum atomic E-state index is 12.0. The van der Waals surface area contributed by atoms with Gasteiger partial charge in [-0.15, -0.1) is 0 Å². The van der Waals surface area contributed by atoms with E-state index in [0.29, 0.717) is 0 Å². The Balaban J connectivity index is 1.87. The molecule has 3 nitrogen and oxygen atoms in total. The van der Waals surface area contributed by atoms with Crippen molar-refractivity contribution < 1.29 is 4.79 Å². The van der Waals surface area contributed by atoms with Crippen LogP contribution in [0.25, 0.3) is 0 Å². The lowest BCUT2D eigenvalue weighted by Gasteiger charge is -2.14. The molecule has 1 amide bonds. The van der Waals surface area contributed by atoms with Gasteiger partial charge in [0.15, 0.2) is 0 Å². The van der Waals surface area contributed by atoms with Crippen molar-refractivity contribution in [2.24, 2.45) is 0 Å². The average Bonchev–Trinajstić information content (AvgIpc) is 2.48. The summed E-state index contributed by atoms with van der Waals surface area (Å²) in [5.74, 6) is -0.0387. The van der Waals surface area contributed by atoms with Crippen LogP contribution < -0.4 is 10.6 Å². The third-order valence-electron chi connectivity index (χ3n) is 3.33. The largest absolute Gasteiger partial charge is 0.325 e. The molecule has 2 aromatic carbocycles. The van der Waals surface area contributed by atoms with Crippen LogP contribution in [-0.4, -0.2) is 12.5 Å². The predicted molar refractivity (Wildman–Crippen MR) is 90.4 cm³/mol. The summed E-state index contributed by atoms with van der Waals surface area (Å²) >= 11 is 3.41. The van der Waals surface area contributed by atoms with Crippen LogP contribution in [-0.2, 0) is 4.79 Å². The molecular weight excluding hydrogens is 328 g/mol. The Morgan fingerprint density at radius 3 is 2.57 bits per heavy atom. The molecule has 0 aromatic heterocycles. The van der Waals surface area contributed by atoms with Gasteiger partial charge in [0, 0.05) is 16.2 Å². The normalized spacial score (nSPS) is 12.0. The van der Waals surface area contributed by atoms with E-state index in [1.54, 1.807) is 0 Å². The molecule has 0 aliphatic heterocycles. The van der Waals surface area contributed by atoms with Crippen LogP contribution in [0, 0.1) is 6.92 Å². The molecule has 0 bridgehead atoms. The monoisotopic (exact) mass is 346 g/mol. The topological polar surface area (TPSA) is 41.1 Å². The quantitative estimate of drug-likeness (QED) is 0.857. The van der Waals surface area contributed by atoms with E-state index in [1.807, 2.05) is 50.2 Å². The molecule has 21 heavy (non-hydrogen) atoms. The SMILES string of the molecule is Cc1cc(Br)ccc1NC(=O)CN[C@H](C)c1ccccc1. The Morgan fingerprint density at radius 2 is 1.90 bits per heavy atom. The summed E-state index contributed by atoms with van der Waals surface area (Å²) < 4.78 is 1.01. The van der Waals surface area contributed by atoms with Gasteiger partial charge in [-0.05, 0) is 43.2 Å². The van der Waals surface area contributed by atoms with Gasteiger partial charge in [-0.1, -0.05) is 46.3 Å². The second-order valence-corrected chi connectivity index (χ2v) is 5.94. The highest BCUT2D eigenvalue weighted by atomic mass is 79.9. The van der Waals surface area contributed by atoms with Crippen molar-refractivity contribution in [1.82, 2.24) is 5.32 Å². The lowest BCUT2D eigenvalue weighted by atomic mass is 10.1. The molecule has 0 saturated carbocycles. The van der Waals surface area contributed by atoms with E-state index < -0.39 is 0 Å². The highest BCUT2D eigenvalue weighted by Gasteiger charge is 2.08.